The first-order valence-corrected chi connectivity index (χ1v) is 6.22. The number of hydrogen-bond donors (Lipinski definition) is 1. The van der Waals surface area contributed by atoms with Crippen LogP contribution in [0.4, 0.5) is 5.69 Å². The number of nitro groups is 1. The first kappa shape index (κ1) is 14.0. The summed E-state index contributed by atoms with van der Waals surface area (Å²) in [5, 5.41) is 19.8. The third-order valence-corrected chi connectivity index (χ3v) is 3.11. The Labute approximate surface area is 121 Å². The number of halogens is 1. The Balaban J connectivity index is 2.40. The van der Waals surface area contributed by atoms with E-state index in [0.717, 1.165) is 0 Å². The Bertz CT molecular complexity index is 686. The van der Waals surface area contributed by atoms with Gasteiger partial charge in [0.1, 0.15) is 17.1 Å². The van der Waals surface area contributed by atoms with Gasteiger partial charge in [0.25, 0.3) is 5.69 Å². The Kier molecular flexibility index (Phi) is 3.99. The number of non-ortho nitro benzene ring substituents is 1. The topological polar surface area (TPSA) is 89.7 Å². The van der Waals surface area contributed by atoms with Gasteiger partial charge >= 0.3 is 5.97 Å². The van der Waals surface area contributed by atoms with Crippen molar-refractivity contribution in [3.8, 4) is 11.5 Å². The van der Waals surface area contributed by atoms with Crippen molar-refractivity contribution in [2.24, 2.45) is 0 Å². The van der Waals surface area contributed by atoms with E-state index in [4.69, 9.17) is 9.84 Å². The lowest BCUT2D eigenvalue weighted by Gasteiger charge is -2.09. The molecule has 7 heteroatoms. The van der Waals surface area contributed by atoms with Crippen LogP contribution in [0.3, 0.4) is 0 Å². The predicted molar refractivity (Wildman–Crippen MR) is 74.3 cm³/mol. The van der Waals surface area contributed by atoms with E-state index in [2.05, 4.69) is 15.9 Å². The lowest BCUT2D eigenvalue weighted by Crippen LogP contribution is -2.01. The molecular formula is C13H8BrNO5. The third-order valence-electron chi connectivity index (χ3n) is 2.45. The molecule has 0 saturated carbocycles. The van der Waals surface area contributed by atoms with Gasteiger partial charge in [-0.3, -0.25) is 10.1 Å². The van der Waals surface area contributed by atoms with Crippen LogP contribution in [0, 0.1) is 10.1 Å². The number of benzene rings is 2. The molecule has 0 amide bonds. The highest BCUT2D eigenvalue weighted by Crippen LogP contribution is 2.31. The second-order valence-corrected chi connectivity index (χ2v) is 4.63. The van der Waals surface area contributed by atoms with Gasteiger partial charge in [0, 0.05) is 10.5 Å². The quantitative estimate of drug-likeness (QED) is 0.676. The minimum Gasteiger partial charge on any atom is -0.478 e. The summed E-state index contributed by atoms with van der Waals surface area (Å²) in [6.45, 7) is 0. The molecule has 2 aromatic rings. The van der Waals surface area contributed by atoms with E-state index in [1.54, 1.807) is 12.1 Å². The summed E-state index contributed by atoms with van der Waals surface area (Å²) in [5.74, 6) is -0.856. The van der Waals surface area contributed by atoms with Crippen LogP contribution in [0.25, 0.3) is 0 Å². The van der Waals surface area contributed by atoms with Crippen LogP contribution in [0.5, 0.6) is 11.5 Å². The highest BCUT2D eigenvalue weighted by atomic mass is 79.9. The highest BCUT2D eigenvalue weighted by molar-refractivity contribution is 9.10. The zero-order chi connectivity index (χ0) is 14.7. The summed E-state index contributed by atoms with van der Waals surface area (Å²) in [4.78, 5) is 21.3. The fourth-order valence-electron chi connectivity index (χ4n) is 1.58. The van der Waals surface area contributed by atoms with E-state index in [-0.39, 0.29) is 22.7 Å². The third kappa shape index (κ3) is 2.94. The number of carboxylic acid groups (broad SMARTS) is 1. The van der Waals surface area contributed by atoms with E-state index in [1.807, 2.05) is 0 Å². The van der Waals surface area contributed by atoms with Crippen LogP contribution < -0.4 is 4.74 Å². The van der Waals surface area contributed by atoms with Crippen LogP contribution in [-0.4, -0.2) is 16.0 Å². The number of nitro benzene ring substituents is 1. The first-order chi connectivity index (χ1) is 9.49. The molecule has 0 aromatic heterocycles. The summed E-state index contributed by atoms with van der Waals surface area (Å²) in [6, 6.07) is 10.2. The molecule has 0 unspecified atom stereocenters. The molecule has 0 fully saturated rings. The Morgan fingerprint density at radius 1 is 1.25 bits per heavy atom. The zero-order valence-electron chi connectivity index (χ0n) is 9.95. The largest absolute Gasteiger partial charge is 0.478 e. The van der Waals surface area contributed by atoms with Gasteiger partial charge in [-0.25, -0.2) is 4.79 Å². The standard InChI is InChI=1S/C13H8BrNO5/c14-10-5-2-6-11(12(10)13(16)17)20-9-4-1-3-8(7-9)15(18)19/h1-7H,(H,16,17). The molecule has 0 radical (unpaired) electrons. The minimum atomic E-state index is -1.15. The zero-order valence-corrected chi connectivity index (χ0v) is 11.5. The summed E-state index contributed by atoms with van der Waals surface area (Å²) in [5.41, 5.74) is -0.173. The predicted octanol–water partition coefficient (Wildman–Crippen LogP) is 3.85. The van der Waals surface area contributed by atoms with E-state index in [0.29, 0.717) is 4.47 Å². The molecule has 0 bridgehead atoms. The second kappa shape index (κ2) is 5.70. The average molecular weight is 338 g/mol. The average Bonchev–Trinajstić information content (AvgIpc) is 2.38. The van der Waals surface area contributed by atoms with Gasteiger partial charge in [-0.1, -0.05) is 12.1 Å². The maximum Gasteiger partial charge on any atom is 0.340 e. The molecule has 0 aliphatic rings. The molecule has 2 aromatic carbocycles. The Hall–Kier alpha value is -2.41. The van der Waals surface area contributed by atoms with Crippen LogP contribution >= 0.6 is 15.9 Å². The van der Waals surface area contributed by atoms with Gasteiger partial charge in [0.15, 0.2) is 0 Å². The molecule has 0 atom stereocenters. The molecule has 1 N–H and O–H groups in total. The fourth-order valence-corrected chi connectivity index (χ4v) is 2.10. The van der Waals surface area contributed by atoms with E-state index < -0.39 is 10.9 Å². The molecule has 0 saturated heterocycles. The number of nitrogens with zero attached hydrogens (tertiary/aromatic N) is 1. The van der Waals surface area contributed by atoms with Gasteiger partial charge in [-0.2, -0.15) is 0 Å². The number of ether oxygens (including phenoxy) is 1. The number of rotatable bonds is 4. The maximum atomic E-state index is 11.2. The maximum absolute atomic E-state index is 11.2. The van der Waals surface area contributed by atoms with Crippen LogP contribution in [0.15, 0.2) is 46.9 Å². The van der Waals surface area contributed by atoms with Crippen LogP contribution in [0.2, 0.25) is 0 Å². The lowest BCUT2D eigenvalue weighted by atomic mass is 10.2. The van der Waals surface area contributed by atoms with Crippen molar-refractivity contribution in [3.63, 3.8) is 0 Å². The van der Waals surface area contributed by atoms with Gasteiger partial charge < -0.3 is 9.84 Å². The summed E-state index contributed by atoms with van der Waals surface area (Å²) >= 11 is 3.13. The van der Waals surface area contributed by atoms with Crippen molar-refractivity contribution in [1.29, 1.82) is 0 Å². The van der Waals surface area contributed by atoms with Gasteiger partial charge in [0.05, 0.1) is 11.0 Å². The summed E-state index contributed by atoms with van der Waals surface area (Å²) < 4.78 is 5.80. The van der Waals surface area contributed by atoms with Crippen molar-refractivity contribution < 1.29 is 19.6 Å². The fraction of sp³-hybridized carbons (Fsp3) is 0. The van der Waals surface area contributed by atoms with Crippen LogP contribution in [-0.2, 0) is 0 Å². The van der Waals surface area contributed by atoms with Gasteiger partial charge in [-0.05, 0) is 34.1 Å². The van der Waals surface area contributed by atoms with Crippen molar-refractivity contribution >= 4 is 27.6 Å². The molecule has 0 spiro atoms. The molecule has 2 rings (SSSR count). The van der Waals surface area contributed by atoms with Gasteiger partial charge in [-0.15, -0.1) is 0 Å². The van der Waals surface area contributed by atoms with Crippen molar-refractivity contribution in [2.75, 3.05) is 0 Å². The normalized spacial score (nSPS) is 10.1. The number of aromatic carboxylic acids is 1. The van der Waals surface area contributed by atoms with Crippen molar-refractivity contribution in [1.82, 2.24) is 0 Å². The van der Waals surface area contributed by atoms with Crippen LogP contribution in [0.1, 0.15) is 10.4 Å². The smallest absolute Gasteiger partial charge is 0.340 e. The Morgan fingerprint density at radius 2 is 1.95 bits per heavy atom. The number of hydrogen-bond acceptors (Lipinski definition) is 4. The molecule has 0 heterocycles. The van der Waals surface area contributed by atoms with E-state index in [9.17, 15) is 14.9 Å². The van der Waals surface area contributed by atoms with Gasteiger partial charge in [0.2, 0.25) is 0 Å². The monoisotopic (exact) mass is 337 g/mol. The second-order valence-electron chi connectivity index (χ2n) is 3.77. The molecular weight excluding hydrogens is 330 g/mol. The summed E-state index contributed by atoms with van der Waals surface area (Å²) in [6.07, 6.45) is 0. The first-order valence-electron chi connectivity index (χ1n) is 5.43. The molecule has 0 aliphatic heterocycles. The van der Waals surface area contributed by atoms with E-state index >= 15 is 0 Å². The highest BCUT2D eigenvalue weighted by Gasteiger charge is 2.16. The molecule has 0 aliphatic carbocycles. The number of carbonyl (C=O) groups is 1. The Morgan fingerprint density at radius 3 is 2.60 bits per heavy atom. The van der Waals surface area contributed by atoms with Crippen molar-refractivity contribution in [3.05, 3.63) is 62.6 Å². The molecule has 20 heavy (non-hydrogen) atoms. The number of carboxylic acids is 1. The molecule has 102 valence electrons. The SMILES string of the molecule is O=C(O)c1c(Br)cccc1Oc1cccc([N+](=O)[O-])c1. The summed E-state index contributed by atoms with van der Waals surface area (Å²) in [7, 11) is 0. The molecule has 6 nitrogen and oxygen atoms in total. The van der Waals surface area contributed by atoms with Crippen molar-refractivity contribution in [2.45, 2.75) is 0 Å². The lowest BCUT2D eigenvalue weighted by molar-refractivity contribution is -0.384. The van der Waals surface area contributed by atoms with E-state index in [1.165, 1.54) is 30.3 Å². The minimum absolute atomic E-state index is 0.0426.